The molecule has 2 aliphatic carbocycles. The number of amides is 1. The summed E-state index contributed by atoms with van der Waals surface area (Å²) < 4.78 is 33.2. The number of nitrogens with zero attached hydrogens (tertiary/aromatic N) is 7. The molecule has 2 aromatic carbocycles. The van der Waals surface area contributed by atoms with Crippen LogP contribution in [0.3, 0.4) is 0 Å². The van der Waals surface area contributed by atoms with E-state index in [1.807, 2.05) is 68.3 Å². The Balaban J connectivity index is 1.14. The third kappa shape index (κ3) is 5.50. The van der Waals surface area contributed by atoms with Gasteiger partial charge in [-0.2, -0.15) is 0 Å². The number of carbonyl (C=O) groups excluding carboxylic acids is 1. The van der Waals surface area contributed by atoms with Crippen LogP contribution in [0.2, 0.25) is 0 Å². The van der Waals surface area contributed by atoms with Crippen molar-refractivity contribution in [3.63, 3.8) is 0 Å². The molecule has 4 heterocycles. The highest BCUT2D eigenvalue weighted by atomic mass is 79.9. The summed E-state index contributed by atoms with van der Waals surface area (Å²) in [5, 5.41) is 4.30. The Morgan fingerprint density at radius 3 is 2.27 bits per heavy atom. The number of imidazole rings is 1. The zero-order valence-corrected chi connectivity index (χ0v) is 29.1. The maximum absolute atomic E-state index is 14.2. The van der Waals surface area contributed by atoms with Crippen molar-refractivity contribution in [1.82, 2.24) is 39.4 Å². The highest BCUT2D eigenvalue weighted by Gasteiger charge is 2.44. The summed E-state index contributed by atoms with van der Waals surface area (Å²) in [6.45, 7) is 1.86. The van der Waals surface area contributed by atoms with Gasteiger partial charge in [0, 0.05) is 73.8 Å². The van der Waals surface area contributed by atoms with E-state index in [-0.39, 0.29) is 24.7 Å². The van der Waals surface area contributed by atoms with Crippen LogP contribution in [-0.4, -0.2) is 45.9 Å². The smallest absolute Gasteiger partial charge is 0.252 e. The molecule has 0 spiro atoms. The molecule has 12 heteroatoms. The molecule has 1 N–H and O–H groups in total. The van der Waals surface area contributed by atoms with E-state index in [0.717, 1.165) is 79.7 Å². The van der Waals surface area contributed by atoms with Gasteiger partial charge in [-0.25, -0.2) is 33.7 Å². The van der Waals surface area contributed by atoms with Crippen LogP contribution >= 0.6 is 15.9 Å². The van der Waals surface area contributed by atoms with Crippen LogP contribution in [0.25, 0.3) is 44.6 Å². The zero-order chi connectivity index (χ0) is 34.1. The molecule has 0 aliphatic heterocycles. The SMILES string of the molecule is Cc1ncc(-c2ccc3nc(C4(NC(=O)c5ccc6c(C7CCC(F)(F)CC7)c(-c7ncc(Br)cn7)n(C)c6c5)CCC4)n(C)c3c2)cn1. The zero-order valence-electron chi connectivity index (χ0n) is 27.5. The minimum atomic E-state index is -2.64. The fourth-order valence-electron chi connectivity index (χ4n) is 7.62. The lowest BCUT2D eigenvalue weighted by Gasteiger charge is -2.41. The Kier molecular flexibility index (Phi) is 7.62. The van der Waals surface area contributed by atoms with Crippen LogP contribution in [0.4, 0.5) is 8.78 Å². The predicted octanol–water partition coefficient (Wildman–Crippen LogP) is 8.15. The van der Waals surface area contributed by atoms with Gasteiger partial charge in [-0.15, -0.1) is 0 Å². The maximum Gasteiger partial charge on any atom is 0.252 e. The fraction of sp³-hybridized carbons (Fsp3) is 0.351. The molecule has 6 aromatic rings. The van der Waals surface area contributed by atoms with Gasteiger partial charge in [-0.1, -0.05) is 12.1 Å². The Morgan fingerprint density at radius 2 is 1.59 bits per heavy atom. The molecule has 2 saturated carbocycles. The van der Waals surface area contributed by atoms with Crippen molar-refractivity contribution in [2.24, 2.45) is 14.1 Å². The molecule has 1 amide bonds. The topological polar surface area (TPSA) is 103 Å². The number of rotatable bonds is 6. The first kappa shape index (κ1) is 31.7. The second-order valence-electron chi connectivity index (χ2n) is 13.5. The molecule has 2 aliphatic rings. The number of aryl methyl sites for hydroxylation is 3. The molecule has 2 fully saturated rings. The van der Waals surface area contributed by atoms with Gasteiger partial charge in [0.1, 0.15) is 11.6 Å². The van der Waals surface area contributed by atoms with Crippen LogP contribution in [0.15, 0.2) is 65.7 Å². The van der Waals surface area contributed by atoms with E-state index in [2.05, 4.69) is 51.8 Å². The third-order valence-corrected chi connectivity index (χ3v) is 10.9. The minimum absolute atomic E-state index is 0.0694. The first-order valence-electron chi connectivity index (χ1n) is 16.6. The van der Waals surface area contributed by atoms with Gasteiger partial charge in [0.2, 0.25) is 5.92 Å². The van der Waals surface area contributed by atoms with E-state index < -0.39 is 11.5 Å². The molecule has 0 radical (unpaired) electrons. The van der Waals surface area contributed by atoms with Crippen molar-refractivity contribution in [3.8, 4) is 22.6 Å². The highest BCUT2D eigenvalue weighted by molar-refractivity contribution is 9.10. The summed E-state index contributed by atoms with van der Waals surface area (Å²) in [5.41, 5.74) is 6.26. The number of hydrogen-bond donors (Lipinski definition) is 1. The molecule has 0 unspecified atom stereocenters. The van der Waals surface area contributed by atoms with Crippen molar-refractivity contribution in [2.45, 2.75) is 69.2 Å². The van der Waals surface area contributed by atoms with E-state index in [9.17, 15) is 13.6 Å². The average Bonchev–Trinajstić information content (AvgIpc) is 3.56. The number of carbonyl (C=O) groups is 1. The number of halogens is 3. The molecule has 0 saturated heterocycles. The first-order valence-corrected chi connectivity index (χ1v) is 17.4. The first-order chi connectivity index (χ1) is 23.5. The average molecular weight is 726 g/mol. The number of nitrogens with one attached hydrogen (secondary N) is 1. The second-order valence-corrected chi connectivity index (χ2v) is 14.4. The molecule has 0 atom stereocenters. The Bertz CT molecular complexity index is 2230. The van der Waals surface area contributed by atoms with E-state index in [1.165, 1.54) is 0 Å². The Morgan fingerprint density at radius 1 is 0.878 bits per heavy atom. The van der Waals surface area contributed by atoms with E-state index in [1.54, 1.807) is 12.4 Å². The summed E-state index contributed by atoms with van der Waals surface area (Å²) in [5.74, 6) is -0.834. The molecule has 49 heavy (non-hydrogen) atoms. The quantitative estimate of drug-likeness (QED) is 0.186. The molecule has 9 nitrogen and oxygen atoms in total. The lowest BCUT2D eigenvalue weighted by molar-refractivity contribution is -0.0381. The summed E-state index contributed by atoms with van der Waals surface area (Å²) >= 11 is 3.41. The van der Waals surface area contributed by atoms with Crippen LogP contribution in [-0.2, 0) is 19.6 Å². The highest BCUT2D eigenvalue weighted by Crippen LogP contribution is 2.47. The normalized spacial score (nSPS) is 17.3. The standard InChI is InChI=1S/C37H35BrF2N8O/c1-21-41-17-25(18-42-21)23-6-8-28-30(15-23)48(3)35(45-28)36(11-4-12-36)46-34(49)24-5-7-27-29(16-24)47(2)32(33-43-19-26(38)20-44-33)31(27)22-9-13-37(39,40)14-10-22/h5-8,15-20,22H,4,9-14H2,1-3H3,(H,46,49). The number of aromatic nitrogens is 7. The summed E-state index contributed by atoms with van der Waals surface area (Å²) in [4.78, 5) is 36.9. The fourth-order valence-corrected chi connectivity index (χ4v) is 7.82. The van der Waals surface area contributed by atoms with E-state index in [0.29, 0.717) is 24.2 Å². The molecule has 0 bridgehead atoms. The van der Waals surface area contributed by atoms with Gasteiger partial charge >= 0.3 is 0 Å². The van der Waals surface area contributed by atoms with E-state index >= 15 is 0 Å². The van der Waals surface area contributed by atoms with Crippen molar-refractivity contribution < 1.29 is 13.6 Å². The lowest BCUT2D eigenvalue weighted by atomic mass is 9.75. The summed E-state index contributed by atoms with van der Waals surface area (Å²) in [6.07, 6.45) is 10.0. The Hall–Kier alpha value is -4.58. The van der Waals surface area contributed by atoms with Crippen molar-refractivity contribution in [3.05, 3.63) is 88.4 Å². The van der Waals surface area contributed by atoms with Crippen LogP contribution in [0.5, 0.6) is 0 Å². The largest absolute Gasteiger partial charge is 0.341 e. The van der Waals surface area contributed by atoms with Gasteiger partial charge in [-0.05, 0) is 96.3 Å². The van der Waals surface area contributed by atoms with Crippen molar-refractivity contribution in [1.29, 1.82) is 0 Å². The van der Waals surface area contributed by atoms with Gasteiger partial charge in [0.25, 0.3) is 5.91 Å². The van der Waals surface area contributed by atoms with Gasteiger partial charge < -0.3 is 14.5 Å². The number of benzene rings is 2. The minimum Gasteiger partial charge on any atom is -0.341 e. The predicted molar refractivity (Wildman–Crippen MR) is 187 cm³/mol. The van der Waals surface area contributed by atoms with Gasteiger partial charge in [0.15, 0.2) is 5.82 Å². The third-order valence-electron chi connectivity index (χ3n) is 10.4. The van der Waals surface area contributed by atoms with Gasteiger partial charge in [-0.3, -0.25) is 4.79 Å². The Labute approximate surface area is 290 Å². The van der Waals surface area contributed by atoms with Crippen molar-refractivity contribution >= 4 is 43.8 Å². The van der Waals surface area contributed by atoms with Gasteiger partial charge in [0.05, 0.1) is 26.7 Å². The second kappa shape index (κ2) is 11.8. The maximum atomic E-state index is 14.2. The summed E-state index contributed by atoms with van der Waals surface area (Å²) in [7, 11) is 3.92. The summed E-state index contributed by atoms with van der Waals surface area (Å²) in [6, 6.07) is 11.8. The monoisotopic (exact) mass is 724 g/mol. The molecular formula is C37H35BrF2N8O. The van der Waals surface area contributed by atoms with Crippen LogP contribution < -0.4 is 5.32 Å². The number of fused-ring (bicyclic) bond motifs is 2. The lowest BCUT2D eigenvalue weighted by Crippen LogP contribution is -2.52. The molecular weight excluding hydrogens is 690 g/mol. The molecule has 250 valence electrons. The van der Waals surface area contributed by atoms with E-state index in [4.69, 9.17) is 4.98 Å². The van der Waals surface area contributed by atoms with Crippen molar-refractivity contribution in [2.75, 3.05) is 0 Å². The molecule has 8 rings (SSSR count). The van der Waals surface area contributed by atoms with Crippen LogP contribution in [0.1, 0.15) is 78.4 Å². The number of alkyl halides is 2. The number of hydrogen-bond acceptors (Lipinski definition) is 6. The van der Waals surface area contributed by atoms with Crippen LogP contribution in [0, 0.1) is 6.92 Å². The molecule has 4 aromatic heterocycles.